The molecule has 0 unspecified atom stereocenters. The highest BCUT2D eigenvalue weighted by molar-refractivity contribution is 7.13. The van der Waals surface area contributed by atoms with Crippen molar-refractivity contribution in [2.24, 2.45) is 11.3 Å². The number of carbonyl (C=O) groups excluding carboxylic acids is 4. The van der Waals surface area contributed by atoms with E-state index in [1.807, 2.05) is 50.8 Å². The third kappa shape index (κ3) is 12.1. The number of nitrogens with one attached hydrogen (secondary N) is 4. The fourth-order valence-electron chi connectivity index (χ4n) is 8.39. The Kier molecular flexibility index (Phi) is 15.9. The molecule has 67 heavy (non-hydrogen) atoms. The first-order valence-electron chi connectivity index (χ1n) is 22.8. The van der Waals surface area contributed by atoms with Gasteiger partial charge in [0.25, 0.3) is 11.8 Å². The molecule has 4 aromatic rings. The van der Waals surface area contributed by atoms with Crippen LogP contribution in [0.4, 0.5) is 21.8 Å². The van der Waals surface area contributed by atoms with Crippen molar-refractivity contribution < 1.29 is 37.8 Å². The van der Waals surface area contributed by atoms with Crippen molar-refractivity contribution in [3.8, 4) is 21.9 Å². The number of ether oxygens (including phenoxy) is 3. The van der Waals surface area contributed by atoms with Gasteiger partial charge in [0, 0.05) is 51.0 Å². The smallest absolute Gasteiger partial charge is 0.258 e. The Labute approximate surface area is 400 Å². The minimum Gasteiger partial charge on any atom is -0.495 e. The Morgan fingerprint density at radius 3 is 2.46 bits per heavy atom. The van der Waals surface area contributed by atoms with Gasteiger partial charge in [-0.1, -0.05) is 44.5 Å². The molecule has 4 amide bonds. The molecule has 0 bridgehead atoms. The van der Waals surface area contributed by atoms with E-state index in [4.69, 9.17) is 25.8 Å². The van der Waals surface area contributed by atoms with Gasteiger partial charge in [0.2, 0.25) is 17.8 Å². The zero-order chi connectivity index (χ0) is 47.9. The van der Waals surface area contributed by atoms with E-state index in [1.165, 1.54) is 22.4 Å². The number of aromatic nitrogens is 3. The van der Waals surface area contributed by atoms with Crippen LogP contribution in [0.2, 0.25) is 5.02 Å². The van der Waals surface area contributed by atoms with Crippen molar-refractivity contribution in [1.29, 1.82) is 0 Å². The largest absolute Gasteiger partial charge is 0.495 e. The van der Waals surface area contributed by atoms with Crippen LogP contribution in [0.3, 0.4) is 0 Å². The second-order valence-electron chi connectivity index (χ2n) is 18.4. The first-order chi connectivity index (χ1) is 32.1. The number of amides is 4. The summed E-state index contributed by atoms with van der Waals surface area (Å²) in [6.07, 6.45) is 5.48. The van der Waals surface area contributed by atoms with Crippen LogP contribution in [0, 0.1) is 18.3 Å². The lowest BCUT2D eigenvalue weighted by atomic mass is 9.85. The van der Waals surface area contributed by atoms with Crippen LogP contribution in [0.15, 0.2) is 48.1 Å². The number of likely N-dealkylation sites (tertiary alicyclic amines) is 2. The van der Waals surface area contributed by atoms with Crippen LogP contribution < -0.4 is 30.7 Å². The van der Waals surface area contributed by atoms with Gasteiger partial charge in [-0.15, -0.1) is 11.3 Å². The van der Waals surface area contributed by atoms with Gasteiger partial charge in [0.15, 0.2) is 5.67 Å². The molecule has 2 aliphatic heterocycles. The molecule has 0 spiro atoms. The third-order valence-electron chi connectivity index (χ3n) is 12.6. The summed E-state index contributed by atoms with van der Waals surface area (Å²) in [7, 11) is 3.27. The van der Waals surface area contributed by atoms with Gasteiger partial charge in [0.1, 0.15) is 41.0 Å². The van der Waals surface area contributed by atoms with E-state index in [0.717, 1.165) is 41.0 Å². The van der Waals surface area contributed by atoms with Crippen LogP contribution in [0.5, 0.6) is 11.5 Å². The first kappa shape index (κ1) is 49.3. The van der Waals surface area contributed by atoms with Crippen LogP contribution in [0.1, 0.15) is 87.3 Å². The molecule has 3 aliphatic rings. The second-order valence-corrected chi connectivity index (χ2v) is 19.7. The van der Waals surface area contributed by atoms with Crippen molar-refractivity contribution in [2.75, 3.05) is 64.2 Å². The summed E-state index contributed by atoms with van der Waals surface area (Å²) in [6, 6.07) is 9.41. The van der Waals surface area contributed by atoms with Gasteiger partial charge in [-0.3, -0.25) is 19.2 Å². The molecule has 4 heterocycles. The summed E-state index contributed by atoms with van der Waals surface area (Å²) < 4.78 is 32.6. The fourth-order valence-corrected chi connectivity index (χ4v) is 9.38. The molecule has 1 aliphatic carbocycles. The maximum absolute atomic E-state index is 14.6. The van der Waals surface area contributed by atoms with Gasteiger partial charge < -0.3 is 45.3 Å². The lowest BCUT2D eigenvalue weighted by Gasteiger charge is -2.35. The molecule has 3 fully saturated rings. The first-order valence-corrected chi connectivity index (χ1v) is 24.1. The molecule has 2 atom stereocenters. The molecular formula is C48H61ClFN9O7S. The minimum atomic E-state index is -1.92. The second kappa shape index (κ2) is 21.6. The van der Waals surface area contributed by atoms with Gasteiger partial charge in [-0.2, -0.15) is 4.98 Å². The predicted octanol–water partition coefficient (Wildman–Crippen LogP) is 7.33. The molecule has 2 aromatic heterocycles. The van der Waals surface area contributed by atoms with Crippen molar-refractivity contribution in [3.05, 3.63) is 69.9 Å². The van der Waals surface area contributed by atoms with Crippen molar-refractivity contribution in [3.63, 3.8) is 0 Å². The summed E-state index contributed by atoms with van der Waals surface area (Å²) >= 11 is 7.66. The van der Waals surface area contributed by atoms with E-state index in [9.17, 15) is 23.6 Å². The number of halogens is 2. The number of aryl methyl sites for hydroxylation is 1. The molecule has 19 heteroatoms. The molecule has 2 saturated heterocycles. The van der Waals surface area contributed by atoms with Gasteiger partial charge in [-0.25, -0.2) is 14.4 Å². The summed E-state index contributed by atoms with van der Waals surface area (Å²) in [5.41, 5.74) is 2.93. The Bertz CT molecular complexity index is 2420. The molecule has 1 saturated carbocycles. The number of piperidine rings is 1. The Morgan fingerprint density at radius 1 is 1.00 bits per heavy atom. The lowest BCUT2D eigenvalue weighted by Crippen LogP contribution is -2.58. The maximum atomic E-state index is 14.6. The van der Waals surface area contributed by atoms with E-state index in [0.29, 0.717) is 91.1 Å². The zero-order valence-electron chi connectivity index (χ0n) is 39.0. The van der Waals surface area contributed by atoms with Gasteiger partial charge in [-0.05, 0) is 93.0 Å². The summed E-state index contributed by atoms with van der Waals surface area (Å²) in [6.45, 7) is 10.4. The zero-order valence-corrected chi connectivity index (χ0v) is 40.6. The normalized spacial score (nSPS) is 17.4. The molecule has 0 radical (unpaired) electrons. The number of nitrogens with zero attached hydrogens (tertiary/aromatic N) is 5. The minimum absolute atomic E-state index is 0.0563. The number of benzene rings is 2. The van der Waals surface area contributed by atoms with E-state index >= 15 is 0 Å². The van der Waals surface area contributed by atoms with Crippen LogP contribution >= 0.6 is 22.9 Å². The van der Waals surface area contributed by atoms with Crippen molar-refractivity contribution in [2.45, 2.75) is 96.9 Å². The maximum Gasteiger partial charge on any atom is 0.258 e. The molecule has 16 nitrogen and oxygen atoms in total. The van der Waals surface area contributed by atoms with Gasteiger partial charge >= 0.3 is 0 Å². The Morgan fingerprint density at radius 2 is 1.78 bits per heavy atom. The lowest BCUT2D eigenvalue weighted by molar-refractivity contribution is -0.144. The highest BCUT2D eigenvalue weighted by Gasteiger charge is 2.53. The fraction of sp³-hybridized carbons (Fsp3) is 0.521. The summed E-state index contributed by atoms with van der Waals surface area (Å²) in [4.78, 5) is 71.3. The van der Waals surface area contributed by atoms with E-state index in [2.05, 4.69) is 36.2 Å². The highest BCUT2D eigenvalue weighted by Crippen LogP contribution is 2.41. The number of alkyl halides is 1. The standard InChI is InChI=1S/C48H61ClFN9O7S/c1-29-39(67-28-54-29)31-9-10-33(26-52-42(60)36-8-7-18-59(36)44(62)40(47(2,3)4)56-45(63)48(50)16-17-48)37(24-31)66-23-22-65-21-15-30-13-19-58(20-14-30)43(61)32-11-12-35(38(25-32)64-6)55-46-53-27-34(49)41(51-5)57-46/h9-12,24-25,27-28,30,36,40H,7-8,13-23,26H2,1-6H3,(H,52,60)(H,56,63)(H2,51,53,55,57)/t36-,40+/m0/s1. The number of anilines is 3. The Hall–Kier alpha value is -5.59. The molecule has 360 valence electrons. The number of rotatable bonds is 19. The molecule has 4 N–H and O–H groups in total. The number of methoxy groups -OCH3 is 1. The SMILES string of the molecule is CNc1nc(Nc2ccc(C(=O)N3CCC(CCOCCOc4cc(-c5scnc5C)ccc4CNC(=O)[C@@H]4CCCN4C(=O)[C@@H](NC(=O)C4(F)CC4)C(C)(C)C)CC3)cc2OC)ncc1Cl. The van der Waals surface area contributed by atoms with Crippen molar-refractivity contribution in [1.82, 2.24) is 35.4 Å². The number of carbonyl (C=O) groups is 4. The average Bonchev–Trinajstić information content (AvgIpc) is 3.65. The van der Waals surface area contributed by atoms with Crippen LogP contribution in [-0.4, -0.2) is 120 Å². The molecule has 7 rings (SSSR count). The quantitative estimate of drug-likeness (QED) is 0.0686. The topological polar surface area (TPSA) is 189 Å². The summed E-state index contributed by atoms with van der Waals surface area (Å²) in [5.74, 6) is 0.797. The van der Waals surface area contributed by atoms with Crippen molar-refractivity contribution >= 4 is 64.0 Å². The van der Waals surface area contributed by atoms with E-state index in [-0.39, 0.29) is 43.7 Å². The number of hydrogen-bond donors (Lipinski definition) is 4. The number of hydrogen-bond acceptors (Lipinski definition) is 13. The summed E-state index contributed by atoms with van der Waals surface area (Å²) in [5, 5.41) is 12.1. The van der Waals surface area contributed by atoms with Gasteiger partial charge in [0.05, 0.1) is 41.7 Å². The monoisotopic (exact) mass is 961 g/mol. The van der Waals surface area contributed by atoms with E-state index in [1.54, 1.807) is 37.9 Å². The average molecular weight is 963 g/mol. The van der Waals surface area contributed by atoms with Crippen LogP contribution in [-0.2, 0) is 25.7 Å². The molecular weight excluding hydrogens is 901 g/mol. The predicted molar refractivity (Wildman–Crippen MR) is 256 cm³/mol. The third-order valence-corrected chi connectivity index (χ3v) is 13.8. The van der Waals surface area contributed by atoms with E-state index < -0.39 is 29.1 Å². The van der Waals surface area contributed by atoms with Crippen LogP contribution in [0.25, 0.3) is 10.4 Å². The highest BCUT2D eigenvalue weighted by atomic mass is 35.5. The molecule has 2 aromatic carbocycles. The Balaban J connectivity index is 0.881. The number of thiazole rings is 1.